The van der Waals surface area contributed by atoms with Gasteiger partial charge in [0, 0.05) is 31.1 Å². The number of carbonyl (C=O) groups is 1. The van der Waals surface area contributed by atoms with E-state index < -0.39 is 10.0 Å². The molecule has 30 heavy (non-hydrogen) atoms. The Hall–Kier alpha value is -1.61. The summed E-state index contributed by atoms with van der Waals surface area (Å²) >= 11 is 12.2. The number of rotatable bonds is 6. The SMILES string of the molecule is Cc1cnn(CC2CC2)c1NC(=O)C1CCN(S(=O)(=O)c2c(Cl)cccc2Cl)CC1. The molecule has 1 aliphatic heterocycles. The number of hydrogen-bond acceptors (Lipinski definition) is 4. The van der Waals surface area contributed by atoms with Crippen molar-refractivity contribution in [3.63, 3.8) is 0 Å². The zero-order chi connectivity index (χ0) is 21.5. The van der Waals surface area contributed by atoms with E-state index >= 15 is 0 Å². The van der Waals surface area contributed by atoms with Crippen LogP contribution in [0.4, 0.5) is 5.82 Å². The molecule has 1 saturated heterocycles. The van der Waals surface area contributed by atoms with Gasteiger partial charge in [0.15, 0.2) is 0 Å². The second-order valence-electron chi connectivity index (χ2n) is 8.02. The predicted octanol–water partition coefficient (Wildman–Crippen LogP) is 3.95. The molecule has 0 radical (unpaired) electrons. The lowest BCUT2D eigenvalue weighted by Gasteiger charge is -2.31. The maximum Gasteiger partial charge on any atom is 0.246 e. The third kappa shape index (κ3) is 4.37. The fraction of sp³-hybridized carbons (Fsp3) is 0.500. The van der Waals surface area contributed by atoms with Gasteiger partial charge in [-0.05, 0) is 50.7 Å². The molecule has 2 heterocycles. The van der Waals surface area contributed by atoms with E-state index in [0.29, 0.717) is 18.8 Å². The Kier molecular flexibility index (Phi) is 6.12. The normalized spacial score (nSPS) is 18.5. The molecule has 1 N–H and O–H groups in total. The van der Waals surface area contributed by atoms with Gasteiger partial charge >= 0.3 is 0 Å². The summed E-state index contributed by atoms with van der Waals surface area (Å²) < 4.78 is 29.2. The highest BCUT2D eigenvalue weighted by Crippen LogP contribution is 2.34. The van der Waals surface area contributed by atoms with Crippen molar-refractivity contribution in [2.75, 3.05) is 18.4 Å². The molecule has 0 spiro atoms. The molecule has 1 aromatic carbocycles. The Labute approximate surface area is 186 Å². The van der Waals surface area contributed by atoms with Crippen molar-refractivity contribution >= 4 is 45.0 Å². The molecular weight excluding hydrogens is 447 g/mol. The first kappa shape index (κ1) is 21.6. The molecule has 2 fully saturated rings. The summed E-state index contributed by atoms with van der Waals surface area (Å²) in [6.45, 7) is 3.22. The van der Waals surface area contributed by atoms with Gasteiger partial charge in [-0.25, -0.2) is 13.1 Å². The van der Waals surface area contributed by atoms with E-state index in [1.807, 2.05) is 11.6 Å². The number of aromatic nitrogens is 2. The lowest BCUT2D eigenvalue weighted by molar-refractivity contribution is -0.121. The quantitative estimate of drug-likeness (QED) is 0.692. The second-order valence-corrected chi connectivity index (χ2v) is 10.7. The van der Waals surface area contributed by atoms with Crippen molar-refractivity contribution in [1.82, 2.24) is 14.1 Å². The number of sulfonamides is 1. The Balaban J connectivity index is 1.41. The number of piperidine rings is 1. The van der Waals surface area contributed by atoms with Crippen molar-refractivity contribution in [2.45, 2.75) is 44.0 Å². The first-order chi connectivity index (χ1) is 14.3. The minimum atomic E-state index is -3.82. The van der Waals surface area contributed by atoms with E-state index in [0.717, 1.165) is 17.9 Å². The monoisotopic (exact) mass is 470 g/mol. The fourth-order valence-electron chi connectivity index (χ4n) is 3.76. The summed E-state index contributed by atoms with van der Waals surface area (Å²) in [6, 6.07) is 4.62. The highest BCUT2D eigenvalue weighted by molar-refractivity contribution is 7.89. The average molecular weight is 471 g/mol. The van der Waals surface area contributed by atoms with Crippen LogP contribution in [0.1, 0.15) is 31.2 Å². The number of halogens is 2. The van der Waals surface area contributed by atoms with Crippen LogP contribution in [-0.4, -0.2) is 41.5 Å². The number of aryl methyl sites for hydroxylation is 1. The molecule has 2 aromatic rings. The number of anilines is 1. The van der Waals surface area contributed by atoms with Crippen molar-refractivity contribution in [3.05, 3.63) is 40.0 Å². The topological polar surface area (TPSA) is 84.3 Å². The van der Waals surface area contributed by atoms with E-state index in [1.165, 1.54) is 29.3 Å². The maximum atomic E-state index is 13.0. The fourth-order valence-corrected chi connectivity index (χ4v) is 6.32. The molecule has 1 aromatic heterocycles. The van der Waals surface area contributed by atoms with E-state index in [9.17, 15) is 13.2 Å². The number of nitrogens with zero attached hydrogens (tertiary/aromatic N) is 3. The van der Waals surface area contributed by atoms with Crippen molar-refractivity contribution in [1.29, 1.82) is 0 Å². The van der Waals surface area contributed by atoms with Crippen molar-refractivity contribution in [3.8, 4) is 0 Å². The number of carbonyl (C=O) groups excluding carboxylic acids is 1. The summed E-state index contributed by atoms with van der Waals surface area (Å²) in [7, 11) is -3.82. The lowest BCUT2D eigenvalue weighted by atomic mass is 9.97. The highest BCUT2D eigenvalue weighted by Gasteiger charge is 2.35. The zero-order valence-electron chi connectivity index (χ0n) is 16.6. The van der Waals surface area contributed by atoms with Gasteiger partial charge in [-0.2, -0.15) is 9.40 Å². The molecule has 1 amide bonds. The summed E-state index contributed by atoms with van der Waals surface area (Å²) in [4.78, 5) is 12.8. The molecule has 2 aliphatic rings. The molecule has 1 aliphatic carbocycles. The molecule has 7 nitrogen and oxygen atoms in total. The largest absolute Gasteiger partial charge is 0.310 e. The minimum Gasteiger partial charge on any atom is -0.310 e. The smallest absolute Gasteiger partial charge is 0.246 e. The van der Waals surface area contributed by atoms with E-state index in [4.69, 9.17) is 23.2 Å². The van der Waals surface area contributed by atoms with Crippen LogP contribution in [-0.2, 0) is 21.4 Å². The minimum absolute atomic E-state index is 0.0733. The lowest BCUT2D eigenvalue weighted by Crippen LogP contribution is -2.41. The van der Waals surface area contributed by atoms with Gasteiger partial charge in [0.2, 0.25) is 15.9 Å². The molecular formula is C20H24Cl2N4O3S. The van der Waals surface area contributed by atoms with Gasteiger partial charge in [0.1, 0.15) is 10.7 Å². The molecule has 0 unspecified atom stereocenters. The molecule has 4 rings (SSSR count). The van der Waals surface area contributed by atoms with Crippen LogP contribution >= 0.6 is 23.2 Å². The van der Waals surface area contributed by atoms with Crippen LogP contribution in [0, 0.1) is 18.8 Å². The molecule has 10 heteroatoms. The van der Waals surface area contributed by atoms with Gasteiger partial charge in [-0.3, -0.25) is 4.79 Å². The number of benzene rings is 1. The first-order valence-electron chi connectivity index (χ1n) is 10.0. The standard InChI is InChI=1S/C20H24Cl2N4O3S/c1-13-11-23-26(12-14-5-6-14)19(13)24-20(27)15-7-9-25(10-8-15)30(28,29)18-16(21)3-2-4-17(18)22/h2-4,11,14-15H,5-10,12H2,1H3,(H,24,27). The van der Waals surface area contributed by atoms with Gasteiger partial charge in [-0.15, -0.1) is 0 Å². The Morgan fingerprint density at radius 1 is 1.17 bits per heavy atom. The van der Waals surface area contributed by atoms with E-state index in [2.05, 4.69) is 10.4 Å². The second kappa shape index (κ2) is 8.49. The summed E-state index contributed by atoms with van der Waals surface area (Å²) in [5.74, 6) is 1.03. The molecule has 1 saturated carbocycles. The van der Waals surface area contributed by atoms with Crippen LogP contribution in [0.25, 0.3) is 0 Å². The Morgan fingerprint density at radius 3 is 2.40 bits per heavy atom. The van der Waals surface area contributed by atoms with Crippen LogP contribution in [0.15, 0.2) is 29.3 Å². The van der Waals surface area contributed by atoms with E-state index in [1.54, 1.807) is 12.3 Å². The predicted molar refractivity (Wildman–Crippen MR) is 116 cm³/mol. The molecule has 162 valence electrons. The third-order valence-corrected chi connectivity index (χ3v) is 8.59. The highest BCUT2D eigenvalue weighted by atomic mass is 35.5. The summed E-state index contributed by atoms with van der Waals surface area (Å²) in [5, 5.41) is 7.59. The molecule has 0 bridgehead atoms. The van der Waals surface area contributed by atoms with Crippen LogP contribution in [0.2, 0.25) is 10.0 Å². The number of hydrogen-bond donors (Lipinski definition) is 1. The Morgan fingerprint density at radius 2 is 1.80 bits per heavy atom. The zero-order valence-corrected chi connectivity index (χ0v) is 19.0. The van der Waals surface area contributed by atoms with Crippen molar-refractivity contribution < 1.29 is 13.2 Å². The van der Waals surface area contributed by atoms with Gasteiger partial charge in [-0.1, -0.05) is 29.3 Å². The maximum absolute atomic E-state index is 13.0. The number of amides is 1. The number of nitrogens with one attached hydrogen (secondary N) is 1. The van der Waals surface area contributed by atoms with E-state index in [-0.39, 0.29) is 39.9 Å². The third-order valence-electron chi connectivity index (χ3n) is 5.73. The summed E-state index contributed by atoms with van der Waals surface area (Å²) in [5.41, 5.74) is 0.928. The van der Waals surface area contributed by atoms with Gasteiger partial charge in [0.25, 0.3) is 0 Å². The van der Waals surface area contributed by atoms with Crippen LogP contribution < -0.4 is 5.32 Å². The summed E-state index contributed by atoms with van der Waals surface area (Å²) in [6.07, 6.45) is 5.04. The molecule has 0 atom stereocenters. The van der Waals surface area contributed by atoms with Crippen LogP contribution in [0.5, 0.6) is 0 Å². The first-order valence-corrected chi connectivity index (χ1v) is 12.2. The van der Waals surface area contributed by atoms with Gasteiger partial charge < -0.3 is 5.32 Å². The van der Waals surface area contributed by atoms with Crippen LogP contribution in [0.3, 0.4) is 0 Å². The average Bonchev–Trinajstić information content (AvgIpc) is 3.46. The Bertz CT molecular complexity index is 1040. The van der Waals surface area contributed by atoms with Crippen molar-refractivity contribution in [2.24, 2.45) is 11.8 Å². The van der Waals surface area contributed by atoms with Gasteiger partial charge in [0.05, 0.1) is 16.2 Å².